The minimum Gasteiger partial charge on any atom is -0.545 e. The highest BCUT2D eigenvalue weighted by Crippen LogP contribution is 2.10. The van der Waals surface area contributed by atoms with Crippen LogP contribution in [0.5, 0.6) is 0 Å². The van der Waals surface area contributed by atoms with Crippen LogP contribution in [0.2, 0.25) is 0 Å². The van der Waals surface area contributed by atoms with E-state index in [9.17, 15) is 14.7 Å². The van der Waals surface area contributed by atoms with Crippen LogP contribution in [0.25, 0.3) is 0 Å². The predicted octanol–water partition coefficient (Wildman–Crippen LogP) is -1.90. The smallest absolute Gasteiger partial charge is 0.257 e. The van der Waals surface area contributed by atoms with Crippen molar-refractivity contribution in [3.8, 4) is 0 Å². The van der Waals surface area contributed by atoms with Gasteiger partial charge in [-0.25, -0.2) is 0 Å². The zero-order chi connectivity index (χ0) is 10.9. The number of hydrogen-bond donors (Lipinski definition) is 2. The molecule has 1 heterocycles. The quantitative estimate of drug-likeness (QED) is 0.577. The summed E-state index contributed by atoms with van der Waals surface area (Å²) in [6, 6.07) is 0. The van der Waals surface area contributed by atoms with Crippen LogP contribution in [-0.2, 0) is 6.54 Å². The lowest BCUT2D eigenvalue weighted by Gasteiger charge is -2.11. The Morgan fingerprint density at radius 3 is 2.50 bits per heavy atom. The van der Waals surface area contributed by atoms with Crippen molar-refractivity contribution in [2.45, 2.75) is 20.4 Å². The van der Waals surface area contributed by atoms with E-state index >= 15 is 0 Å². The third kappa shape index (κ3) is 1.54. The summed E-state index contributed by atoms with van der Waals surface area (Å²) in [6.45, 7) is 3.75. The lowest BCUT2D eigenvalue weighted by Crippen LogP contribution is -2.48. The highest BCUT2D eigenvalue weighted by molar-refractivity contribution is 5.87. The van der Waals surface area contributed by atoms with Crippen LogP contribution >= 0.6 is 0 Å². The molecule has 0 atom stereocenters. The van der Waals surface area contributed by atoms with E-state index in [0.29, 0.717) is 17.8 Å². The normalized spacial score (nSPS) is 10.2. The molecule has 0 aromatic carbocycles. The Morgan fingerprint density at radius 1 is 1.50 bits per heavy atom. The van der Waals surface area contributed by atoms with Crippen LogP contribution in [0.15, 0.2) is 4.79 Å². The molecule has 0 radical (unpaired) electrons. The van der Waals surface area contributed by atoms with Gasteiger partial charge in [-0.3, -0.25) is 4.79 Å². The number of rotatable bonds is 2. The Morgan fingerprint density at radius 2 is 2.07 bits per heavy atom. The van der Waals surface area contributed by atoms with E-state index < -0.39 is 11.5 Å². The van der Waals surface area contributed by atoms with Gasteiger partial charge < -0.3 is 20.6 Å². The Balaban J connectivity index is 3.60. The molecule has 0 saturated carbocycles. The number of aromatic carboxylic acids is 1. The van der Waals surface area contributed by atoms with E-state index in [2.05, 4.69) is 10.7 Å². The van der Waals surface area contributed by atoms with Gasteiger partial charge in [0.15, 0.2) is 0 Å². The van der Waals surface area contributed by atoms with E-state index in [-0.39, 0.29) is 5.56 Å². The second kappa shape index (κ2) is 3.63. The van der Waals surface area contributed by atoms with Gasteiger partial charge in [-0.15, -0.1) is 0 Å². The number of carbonyl (C=O) groups excluding carboxylic acids is 1. The van der Waals surface area contributed by atoms with Gasteiger partial charge in [0, 0.05) is 11.3 Å². The molecular formula is C9H12N2O3. The minimum atomic E-state index is -1.45. The van der Waals surface area contributed by atoms with Gasteiger partial charge in [0.2, 0.25) is 0 Å². The lowest BCUT2D eigenvalue weighted by molar-refractivity contribution is -0.386. The van der Waals surface area contributed by atoms with Gasteiger partial charge in [-0.2, -0.15) is 0 Å². The number of carboxylic acids is 1. The van der Waals surface area contributed by atoms with Crippen molar-refractivity contribution in [1.29, 1.82) is 0 Å². The number of aromatic nitrogens is 1. The first-order chi connectivity index (χ1) is 6.49. The number of carbonyl (C=O) groups is 1. The van der Waals surface area contributed by atoms with Crippen molar-refractivity contribution < 1.29 is 15.6 Å². The number of aryl methyl sites for hydroxylation is 1. The summed E-state index contributed by atoms with van der Waals surface area (Å²) in [4.78, 5) is 24.4. The molecule has 4 N–H and O–H groups in total. The molecule has 0 spiro atoms. The Labute approximate surface area is 80.6 Å². The highest BCUT2D eigenvalue weighted by atomic mass is 16.4. The fourth-order valence-electron chi connectivity index (χ4n) is 1.53. The van der Waals surface area contributed by atoms with Crippen molar-refractivity contribution in [2.24, 2.45) is 0 Å². The zero-order valence-corrected chi connectivity index (χ0v) is 8.14. The van der Waals surface area contributed by atoms with Crippen LogP contribution in [0, 0.1) is 13.8 Å². The number of pyridine rings is 1. The average molecular weight is 196 g/mol. The SMILES string of the molecule is Cc1[nH]c(=O)c(C(=O)[O-])c(C)c1C[NH3+]. The first-order valence-electron chi connectivity index (χ1n) is 4.22. The number of quaternary nitrogens is 1. The van der Waals surface area contributed by atoms with E-state index in [0.717, 1.165) is 5.56 Å². The summed E-state index contributed by atoms with van der Waals surface area (Å²) < 4.78 is 0. The van der Waals surface area contributed by atoms with Gasteiger partial charge in [0.05, 0.1) is 11.5 Å². The number of hydrogen-bond acceptors (Lipinski definition) is 3. The maximum absolute atomic E-state index is 11.3. The molecule has 0 bridgehead atoms. The molecular weight excluding hydrogens is 184 g/mol. The third-order valence-corrected chi connectivity index (χ3v) is 2.26. The first-order valence-corrected chi connectivity index (χ1v) is 4.22. The zero-order valence-electron chi connectivity index (χ0n) is 8.14. The van der Waals surface area contributed by atoms with Gasteiger partial charge in [0.1, 0.15) is 6.54 Å². The van der Waals surface area contributed by atoms with Crippen LogP contribution in [0.1, 0.15) is 27.2 Å². The number of H-pyrrole nitrogens is 1. The Hall–Kier alpha value is -1.62. The van der Waals surface area contributed by atoms with Crippen molar-refractivity contribution in [1.82, 2.24) is 4.98 Å². The fourth-order valence-corrected chi connectivity index (χ4v) is 1.53. The summed E-state index contributed by atoms with van der Waals surface area (Å²) in [5.41, 5.74) is 4.62. The van der Waals surface area contributed by atoms with Crippen molar-refractivity contribution in [3.63, 3.8) is 0 Å². The van der Waals surface area contributed by atoms with Crippen LogP contribution in [0.4, 0.5) is 0 Å². The van der Waals surface area contributed by atoms with Crippen LogP contribution in [0.3, 0.4) is 0 Å². The fraction of sp³-hybridized carbons (Fsp3) is 0.333. The summed E-state index contributed by atoms with van der Waals surface area (Å²) >= 11 is 0. The van der Waals surface area contributed by atoms with Crippen molar-refractivity contribution >= 4 is 5.97 Å². The molecule has 0 saturated heterocycles. The van der Waals surface area contributed by atoms with Gasteiger partial charge >= 0.3 is 0 Å². The number of nitrogens with one attached hydrogen (secondary N) is 1. The van der Waals surface area contributed by atoms with Gasteiger partial charge in [-0.05, 0) is 19.4 Å². The highest BCUT2D eigenvalue weighted by Gasteiger charge is 2.12. The van der Waals surface area contributed by atoms with E-state index in [4.69, 9.17) is 0 Å². The summed E-state index contributed by atoms with van der Waals surface area (Å²) in [5.74, 6) is -1.45. The molecule has 0 fully saturated rings. The lowest BCUT2D eigenvalue weighted by atomic mass is 10.0. The summed E-state index contributed by atoms with van der Waals surface area (Å²) in [6.07, 6.45) is 0. The molecule has 0 aliphatic carbocycles. The topological polar surface area (TPSA) is 101 Å². The average Bonchev–Trinajstić information content (AvgIpc) is 2.02. The predicted molar refractivity (Wildman–Crippen MR) is 47.5 cm³/mol. The molecule has 14 heavy (non-hydrogen) atoms. The van der Waals surface area contributed by atoms with E-state index in [1.165, 1.54) is 0 Å². The van der Waals surface area contributed by atoms with Crippen molar-refractivity contribution in [3.05, 3.63) is 32.7 Å². The maximum atomic E-state index is 11.3. The minimum absolute atomic E-state index is 0.297. The summed E-state index contributed by atoms with van der Waals surface area (Å²) in [7, 11) is 0. The number of carboxylic acid groups (broad SMARTS) is 1. The molecule has 0 aliphatic heterocycles. The second-order valence-electron chi connectivity index (χ2n) is 3.10. The molecule has 5 nitrogen and oxygen atoms in total. The van der Waals surface area contributed by atoms with Gasteiger partial charge in [0.25, 0.3) is 5.56 Å². The Bertz CT molecular complexity index is 434. The molecule has 5 heteroatoms. The van der Waals surface area contributed by atoms with Crippen LogP contribution < -0.4 is 16.4 Å². The van der Waals surface area contributed by atoms with Crippen molar-refractivity contribution in [2.75, 3.05) is 0 Å². The Kier molecular flexibility index (Phi) is 2.71. The molecule has 76 valence electrons. The molecule has 1 aromatic rings. The molecule has 0 aliphatic rings. The molecule has 0 amide bonds. The molecule has 1 aromatic heterocycles. The number of aromatic amines is 1. The molecule has 1 rings (SSSR count). The largest absolute Gasteiger partial charge is 0.545 e. The third-order valence-electron chi connectivity index (χ3n) is 2.26. The van der Waals surface area contributed by atoms with E-state index in [1.807, 2.05) is 0 Å². The first kappa shape index (κ1) is 10.5. The van der Waals surface area contributed by atoms with E-state index in [1.54, 1.807) is 13.8 Å². The van der Waals surface area contributed by atoms with Crippen LogP contribution in [-0.4, -0.2) is 11.0 Å². The maximum Gasteiger partial charge on any atom is 0.257 e. The monoisotopic (exact) mass is 196 g/mol. The van der Waals surface area contributed by atoms with Gasteiger partial charge in [-0.1, -0.05) is 0 Å². The second-order valence-corrected chi connectivity index (χ2v) is 3.10. The summed E-state index contributed by atoms with van der Waals surface area (Å²) in [5, 5.41) is 10.7. The molecule has 0 unspecified atom stereocenters. The standard InChI is InChI=1S/C9H12N2O3/c1-4-6(3-10)5(2)11-8(12)7(4)9(13)14/h3,10H2,1-2H3,(H,11,12)(H,13,14).